The van der Waals surface area contributed by atoms with Gasteiger partial charge in [0.2, 0.25) is 0 Å². The third-order valence-corrected chi connectivity index (χ3v) is 5.38. The molecule has 174 valence electrons. The van der Waals surface area contributed by atoms with Gasteiger partial charge in [-0.3, -0.25) is 4.79 Å². The quantitative estimate of drug-likeness (QED) is 0.357. The first kappa shape index (κ1) is 24.3. The van der Waals surface area contributed by atoms with E-state index in [1.807, 2.05) is 54.6 Å². The van der Waals surface area contributed by atoms with E-state index in [0.29, 0.717) is 11.9 Å². The number of amides is 1. The molecular formula is C26H28N6O2. The summed E-state index contributed by atoms with van der Waals surface area (Å²) in [5.74, 6) is 2.13. The van der Waals surface area contributed by atoms with Gasteiger partial charge >= 0.3 is 0 Å². The van der Waals surface area contributed by atoms with Gasteiger partial charge in [-0.1, -0.05) is 56.2 Å². The standard InChI is InChI=1S/C22H24N4O.C4H4N2O/c23-21-20(22(25-15-24-21)26-17-7-3-1-4-8-17)16-11-13-19(14-12-16)27-18-9-5-2-6-10-18;1-3(2-5)4(6)7/h2,5-6,9-15,17H,1,3-4,7-8H2,(H3,23,24,25,26);1H2,(H2,6,7). The fourth-order valence-corrected chi connectivity index (χ4v) is 3.60. The highest BCUT2D eigenvalue weighted by Crippen LogP contribution is 2.34. The largest absolute Gasteiger partial charge is 0.457 e. The SMILES string of the molecule is C=C(C#N)C(N)=O.Nc1ncnc(NC2CCCCC2)c1-c1ccc(Oc2ccccc2)cc1. The maximum absolute atomic E-state index is 9.83. The first-order valence-corrected chi connectivity index (χ1v) is 11.1. The maximum Gasteiger partial charge on any atom is 0.258 e. The molecular weight excluding hydrogens is 428 g/mol. The first-order chi connectivity index (χ1) is 16.5. The Kier molecular flexibility index (Phi) is 8.58. The van der Waals surface area contributed by atoms with Crippen molar-refractivity contribution in [1.29, 1.82) is 5.26 Å². The van der Waals surface area contributed by atoms with Crippen LogP contribution >= 0.6 is 0 Å². The van der Waals surface area contributed by atoms with Crippen molar-refractivity contribution in [3.05, 3.63) is 73.1 Å². The Morgan fingerprint density at radius 2 is 1.68 bits per heavy atom. The molecule has 1 aliphatic rings. The lowest BCUT2D eigenvalue weighted by Gasteiger charge is -2.24. The second-order valence-corrected chi connectivity index (χ2v) is 7.86. The van der Waals surface area contributed by atoms with Crippen LogP contribution in [0.3, 0.4) is 0 Å². The summed E-state index contributed by atoms with van der Waals surface area (Å²) in [6, 6.07) is 19.6. The molecule has 3 aromatic rings. The molecule has 8 heteroatoms. The van der Waals surface area contributed by atoms with E-state index in [2.05, 4.69) is 27.6 Å². The number of primary amides is 1. The zero-order chi connectivity index (χ0) is 24.3. The molecule has 0 unspecified atom stereocenters. The van der Waals surface area contributed by atoms with Crippen LogP contribution in [0.25, 0.3) is 11.1 Å². The normalized spacial score (nSPS) is 13.0. The summed E-state index contributed by atoms with van der Waals surface area (Å²) in [6.07, 6.45) is 7.72. The van der Waals surface area contributed by atoms with E-state index in [1.165, 1.54) is 44.5 Å². The summed E-state index contributed by atoms with van der Waals surface area (Å²) in [4.78, 5) is 18.5. The van der Waals surface area contributed by atoms with Crippen molar-refractivity contribution in [3.63, 3.8) is 0 Å². The molecule has 2 aromatic carbocycles. The van der Waals surface area contributed by atoms with E-state index in [9.17, 15) is 4.79 Å². The Bertz CT molecular complexity index is 1150. The molecule has 0 bridgehead atoms. The van der Waals surface area contributed by atoms with E-state index in [1.54, 1.807) is 0 Å². The number of anilines is 2. The number of para-hydroxylation sites is 1. The number of carbonyl (C=O) groups is 1. The van der Waals surface area contributed by atoms with Crippen LogP contribution < -0.4 is 21.5 Å². The van der Waals surface area contributed by atoms with Gasteiger partial charge in [0.1, 0.15) is 41.1 Å². The smallest absolute Gasteiger partial charge is 0.258 e. The summed E-state index contributed by atoms with van der Waals surface area (Å²) in [7, 11) is 0. The van der Waals surface area contributed by atoms with Crippen molar-refractivity contribution in [3.8, 4) is 28.7 Å². The summed E-state index contributed by atoms with van der Waals surface area (Å²) in [5.41, 5.74) is 12.4. The van der Waals surface area contributed by atoms with Gasteiger partial charge in [-0.25, -0.2) is 9.97 Å². The van der Waals surface area contributed by atoms with Crippen molar-refractivity contribution < 1.29 is 9.53 Å². The lowest BCUT2D eigenvalue weighted by molar-refractivity contribution is -0.114. The number of nitrogens with one attached hydrogen (secondary N) is 1. The number of nitriles is 1. The van der Waals surface area contributed by atoms with Crippen LogP contribution in [0.2, 0.25) is 0 Å². The Morgan fingerprint density at radius 3 is 2.26 bits per heavy atom. The zero-order valence-corrected chi connectivity index (χ0v) is 18.9. The molecule has 34 heavy (non-hydrogen) atoms. The summed E-state index contributed by atoms with van der Waals surface area (Å²) in [6.45, 7) is 3.04. The Morgan fingerprint density at radius 1 is 1.03 bits per heavy atom. The molecule has 1 aliphatic carbocycles. The third kappa shape index (κ3) is 6.81. The van der Waals surface area contributed by atoms with Crippen LogP contribution in [0.4, 0.5) is 11.6 Å². The molecule has 0 aliphatic heterocycles. The van der Waals surface area contributed by atoms with Gasteiger partial charge in [-0.05, 0) is 42.7 Å². The third-order valence-electron chi connectivity index (χ3n) is 5.38. The molecule has 1 fully saturated rings. The van der Waals surface area contributed by atoms with Crippen LogP contribution in [-0.4, -0.2) is 21.9 Å². The highest BCUT2D eigenvalue weighted by atomic mass is 16.5. The molecule has 1 aromatic heterocycles. The molecule has 0 atom stereocenters. The second kappa shape index (κ2) is 12.0. The number of benzene rings is 2. The Labute approximate surface area is 199 Å². The van der Waals surface area contributed by atoms with Gasteiger partial charge in [0.05, 0.1) is 5.56 Å². The fraction of sp³-hybridized carbons (Fsp3) is 0.231. The minimum atomic E-state index is -0.762. The molecule has 0 spiro atoms. The summed E-state index contributed by atoms with van der Waals surface area (Å²) >= 11 is 0. The van der Waals surface area contributed by atoms with E-state index >= 15 is 0 Å². The molecule has 5 N–H and O–H groups in total. The maximum atomic E-state index is 9.83. The lowest BCUT2D eigenvalue weighted by Crippen LogP contribution is -2.23. The number of nitrogens with two attached hydrogens (primary N) is 2. The topological polar surface area (TPSA) is 140 Å². The van der Waals surface area contributed by atoms with Crippen LogP contribution in [0.5, 0.6) is 11.5 Å². The van der Waals surface area contributed by atoms with Crippen molar-refractivity contribution in [1.82, 2.24) is 9.97 Å². The highest BCUT2D eigenvalue weighted by Gasteiger charge is 2.18. The minimum absolute atomic E-state index is 0.208. The molecule has 1 amide bonds. The van der Waals surface area contributed by atoms with Crippen LogP contribution in [0.1, 0.15) is 32.1 Å². The number of hydrogen-bond acceptors (Lipinski definition) is 7. The molecule has 8 nitrogen and oxygen atoms in total. The number of nitrogens with zero attached hydrogens (tertiary/aromatic N) is 3. The van der Waals surface area contributed by atoms with E-state index < -0.39 is 5.91 Å². The fourth-order valence-electron chi connectivity index (χ4n) is 3.60. The van der Waals surface area contributed by atoms with Crippen LogP contribution in [0, 0.1) is 11.3 Å². The van der Waals surface area contributed by atoms with Gasteiger partial charge < -0.3 is 21.5 Å². The van der Waals surface area contributed by atoms with E-state index in [4.69, 9.17) is 15.7 Å². The van der Waals surface area contributed by atoms with Gasteiger partial charge in [-0.2, -0.15) is 5.26 Å². The van der Waals surface area contributed by atoms with Gasteiger partial charge in [0.25, 0.3) is 5.91 Å². The van der Waals surface area contributed by atoms with Crippen molar-refractivity contribution in [2.24, 2.45) is 5.73 Å². The first-order valence-electron chi connectivity index (χ1n) is 11.1. The second-order valence-electron chi connectivity index (χ2n) is 7.86. The number of rotatable bonds is 6. The lowest BCUT2D eigenvalue weighted by atomic mass is 9.95. The Balaban J connectivity index is 0.000000406. The summed E-state index contributed by atoms with van der Waals surface area (Å²) in [5, 5.41) is 11.4. The molecule has 0 saturated heterocycles. The van der Waals surface area contributed by atoms with E-state index in [0.717, 1.165) is 28.4 Å². The number of nitrogen functional groups attached to an aromatic ring is 1. The van der Waals surface area contributed by atoms with Crippen molar-refractivity contribution >= 4 is 17.5 Å². The van der Waals surface area contributed by atoms with Gasteiger partial charge in [-0.15, -0.1) is 0 Å². The predicted octanol–water partition coefficient (Wildman–Crippen LogP) is 4.81. The number of carbonyl (C=O) groups excluding carboxylic acids is 1. The highest BCUT2D eigenvalue weighted by molar-refractivity contribution is 5.95. The predicted molar refractivity (Wildman–Crippen MR) is 133 cm³/mol. The monoisotopic (exact) mass is 456 g/mol. The number of aromatic nitrogens is 2. The number of hydrogen-bond donors (Lipinski definition) is 3. The summed E-state index contributed by atoms with van der Waals surface area (Å²) < 4.78 is 5.87. The minimum Gasteiger partial charge on any atom is -0.457 e. The molecule has 1 saturated carbocycles. The average Bonchev–Trinajstić information content (AvgIpc) is 2.86. The average molecular weight is 457 g/mol. The molecule has 1 heterocycles. The van der Waals surface area contributed by atoms with Crippen molar-refractivity contribution in [2.75, 3.05) is 11.1 Å². The van der Waals surface area contributed by atoms with Crippen LogP contribution in [-0.2, 0) is 4.79 Å². The van der Waals surface area contributed by atoms with Gasteiger partial charge in [0, 0.05) is 6.04 Å². The number of ether oxygens (including phenoxy) is 1. The van der Waals surface area contributed by atoms with Gasteiger partial charge in [0.15, 0.2) is 0 Å². The molecule has 4 rings (SSSR count). The molecule has 0 radical (unpaired) electrons. The zero-order valence-electron chi connectivity index (χ0n) is 18.9. The Hall–Kier alpha value is -4.38. The van der Waals surface area contributed by atoms with Crippen molar-refractivity contribution in [2.45, 2.75) is 38.1 Å². The van der Waals surface area contributed by atoms with Crippen LogP contribution in [0.15, 0.2) is 73.1 Å². The van der Waals surface area contributed by atoms with E-state index in [-0.39, 0.29) is 5.57 Å².